The highest BCUT2D eigenvalue weighted by Crippen LogP contribution is 2.49. The summed E-state index contributed by atoms with van der Waals surface area (Å²) < 4.78 is 17.1. The van der Waals surface area contributed by atoms with Crippen molar-refractivity contribution >= 4 is 34.2 Å². The Balaban J connectivity index is 1.54. The van der Waals surface area contributed by atoms with Gasteiger partial charge < -0.3 is 29.8 Å². The fourth-order valence-electron chi connectivity index (χ4n) is 5.25. The Hall–Kier alpha value is -2.22. The van der Waals surface area contributed by atoms with Crippen LogP contribution >= 0.6 is 11.6 Å². The number of rotatable bonds is 3. The monoisotopic (exact) mass is 445 g/mol. The van der Waals surface area contributed by atoms with Gasteiger partial charge in [0.05, 0.1) is 34.7 Å². The van der Waals surface area contributed by atoms with Gasteiger partial charge >= 0.3 is 0 Å². The number of hydrogen-bond donors (Lipinski definition) is 3. The predicted molar refractivity (Wildman–Crippen MR) is 119 cm³/mol. The van der Waals surface area contributed by atoms with Gasteiger partial charge in [0.1, 0.15) is 11.7 Å². The lowest BCUT2D eigenvalue weighted by molar-refractivity contribution is -0.0480. The number of furan rings is 1. The van der Waals surface area contributed by atoms with E-state index in [0.29, 0.717) is 30.2 Å². The smallest absolute Gasteiger partial charge is 0.287 e. The van der Waals surface area contributed by atoms with E-state index in [0.717, 1.165) is 48.1 Å². The second-order valence-electron chi connectivity index (χ2n) is 8.73. The molecule has 1 aromatic carbocycles. The Morgan fingerprint density at radius 2 is 2.13 bits per heavy atom. The molecule has 0 unspecified atom stereocenters. The molecule has 0 bridgehead atoms. The number of anilines is 1. The molecule has 8 heteroatoms. The molecule has 2 atom stereocenters. The van der Waals surface area contributed by atoms with Crippen LogP contribution in [0, 0.1) is 0 Å². The molecule has 1 spiro atoms. The number of ether oxygens (including phenoxy) is 2. The molecule has 3 aliphatic rings. The molecule has 3 N–H and O–H groups in total. The second kappa shape index (κ2) is 8.04. The van der Waals surface area contributed by atoms with Gasteiger partial charge in [-0.15, -0.1) is 0 Å². The van der Waals surface area contributed by atoms with E-state index >= 15 is 0 Å². The summed E-state index contributed by atoms with van der Waals surface area (Å²) in [5.74, 6) is 0.760. The molecule has 2 aromatic rings. The number of carbonyl (C=O) groups excluding carboxylic acids is 1. The average molecular weight is 446 g/mol. The van der Waals surface area contributed by atoms with E-state index in [-0.39, 0.29) is 29.4 Å². The molecule has 1 aliphatic carbocycles. The molecular weight excluding hydrogens is 418 g/mol. The first-order chi connectivity index (χ1) is 15.0. The zero-order valence-corrected chi connectivity index (χ0v) is 18.4. The largest absolute Gasteiger partial charge is 0.450 e. The molecule has 1 amide bonds. The van der Waals surface area contributed by atoms with E-state index in [1.54, 1.807) is 13.2 Å². The number of nitrogens with one attached hydrogen (secondary N) is 3. The summed E-state index contributed by atoms with van der Waals surface area (Å²) >= 11 is 6.67. The highest BCUT2D eigenvalue weighted by atomic mass is 35.5. The lowest BCUT2D eigenvalue weighted by Gasteiger charge is -2.44. The van der Waals surface area contributed by atoms with Crippen molar-refractivity contribution in [1.29, 1.82) is 0 Å². The van der Waals surface area contributed by atoms with Crippen LogP contribution in [0.5, 0.6) is 0 Å². The van der Waals surface area contributed by atoms with Crippen molar-refractivity contribution in [2.45, 2.75) is 56.2 Å². The zero-order valence-electron chi connectivity index (χ0n) is 17.7. The van der Waals surface area contributed by atoms with E-state index in [4.69, 9.17) is 25.5 Å². The first-order valence-electron chi connectivity index (χ1n) is 10.9. The van der Waals surface area contributed by atoms with Crippen LogP contribution in [0.2, 0.25) is 5.02 Å². The normalized spacial score (nSPS) is 25.0. The van der Waals surface area contributed by atoms with E-state index in [1.165, 1.54) is 6.42 Å². The number of halogens is 1. The predicted octanol–water partition coefficient (Wildman–Crippen LogP) is 4.27. The van der Waals surface area contributed by atoms with Crippen LogP contribution in [0.1, 0.15) is 54.6 Å². The molecule has 1 saturated carbocycles. The molecule has 1 aromatic heterocycles. The van der Waals surface area contributed by atoms with E-state index in [2.05, 4.69) is 22.5 Å². The minimum atomic E-state index is -0.285. The van der Waals surface area contributed by atoms with Gasteiger partial charge in [-0.25, -0.2) is 0 Å². The minimum Gasteiger partial charge on any atom is -0.450 e. The van der Waals surface area contributed by atoms with Crippen LogP contribution in [-0.2, 0) is 15.0 Å². The standard InChI is InChI=1S/C23H28ClN3O4/c1-13-25-20-15(24)10-14-11-17(22(28)26-16-6-9-30-12-18(16)29-2)31-21(14)19(20)23(27-13)7-4-3-5-8-23/h10-11,16,18,25,27H,1,3-9,12H2,2H3,(H,26,28)/t16-,18+/m1/s1. The fraction of sp³-hybridized carbons (Fsp3) is 0.522. The highest BCUT2D eigenvalue weighted by molar-refractivity contribution is 6.34. The van der Waals surface area contributed by atoms with Crippen LogP contribution < -0.4 is 16.0 Å². The number of methoxy groups -OCH3 is 1. The van der Waals surface area contributed by atoms with Crippen molar-refractivity contribution in [3.05, 3.63) is 40.9 Å². The lowest BCUT2D eigenvalue weighted by atomic mass is 9.74. The third kappa shape index (κ3) is 3.58. The fourth-order valence-corrected chi connectivity index (χ4v) is 5.51. The molecule has 7 nitrogen and oxygen atoms in total. The van der Waals surface area contributed by atoms with Crippen LogP contribution in [0.4, 0.5) is 5.69 Å². The van der Waals surface area contributed by atoms with Crippen molar-refractivity contribution < 1.29 is 18.7 Å². The first kappa shape index (κ1) is 20.7. The molecule has 31 heavy (non-hydrogen) atoms. The molecule has 3 heterocycles. The van der Waals surface area contributed by atoms with Crippen LogP contribution in [0.25, 0.3) is 11.0 Å². The van der Waals surface area contributed by atoms with Crippen LogP contribution in [-0.4, -0.2) is 38.4 Å². The third-order valence-electron chi connectivity index (χ3n) is 6.76. The van der Waals surface area contributed by atoms with Gasteiger partial charge in [-0.1, -0.05) is 37.4 Å². The van der Waals surface area contributed by atoms with Gasteiger partial charge in [0.2, 0.25) is 0 Å². The second-order valence-corrected chi connectivity index (χ2v) is 9.13. The van der Waals surface area contributed by atoms with E-state index in [1.807, 2.05) is 6.07 Å². The maximum Gasteiger partial charge on any atom is 0.287 e. The highest BCUT2D eigenvalue weighted by Gasteiger charge is 2.42. The number of amides is 1. The molecular formula is C23H28ClN3O4. The molecule has 5 rings (SSSR count). The van der Waals surface area contributed by atoms with Crippen LogP contribution in [0.3, 0.4) is 0 Å². The number of hydrogen-bond acceptors (Lipinski definition) is 6. The molecule has 1 saturated heterocycles. The Morgan fingerprint density at radius 1 is 1.32 bits per heavy atom. The molecule has 166 valence electrons. The quantitative estimate of drug-likeness (QED) is 0.654. The average Bonchev–Trinajstić information content (AvgIpc) is 3.18. The summed E-state index contributed by atoms with van der Waals surface area (Å²) in [6.45, 7) is 5.16. The Morgan fingerprint density at radius 3 is 2.90 bits per heavy atom. The topological polar surface area (TPSA) is 84.8 Å². The van der Waals surface area contributed by atoms with Gasteiger partial charge in [-0.2, -0.15) is 0 Å². The lowest BCUT2D eigenvalue weighted by Crippen LogP contribution is -2.49. The van der Waals surface area contributed by atoms with Crippen molar-refractivity contribution in [3.63, 3.8) is 0 Å². The minimum absolute atomic E-state index is 0.117. The number of fused-ring (bicyclic) bond motifs is 4. The number of benzene rings is 1. The molecule has 0 radical (unpaired) electrons. The summed E-state index contributed by atoms with van der Waals surface area (Å²) in [6, 6.07) is 3.51. The summed E-state index contributed by atoms with van der Waals surface area (Å²) in [6.07, 6.45) is 5.90. The number of carbonyl (C=O) groups is 1. The zero-order chi connectivity index (χ0) is 21.6. The van der Waals surface area contributed by atoms with Gasteiger partial charge in [-0.3, -0.25) is 4.79 Å². The Labute approximate surface area is 186 Å². The summed E-state index contributed by atoms with van der Waals surface area (Å²) in [5.41, 5.74) is 2.24. The maximum atomic E-state index is 13.0. The SMILES string of the molecule is C=C1Nc2c(Cl)cc3cc(C(=O)N[C@@H]4CCOC[C@@H]4OC)oc3c2C2(CCCCC2)N1. The summed E-state index contributed by atoms with van der Waals surface area (Å²) in [7, 11) is 1.63. The first-order valence-corrected chi connectivity index (χ1v) is 11.3. The summed E-state index contributed by atoms with van der Waals surface area (Å²) in [4.78, 5) is 13.0. The van der Waals surface area contributed by atoms with Crippen molar-refractivity contribution in [2.24, 2.45) is 0 Å². The van der Waals surface area contributed by atoms with Gasteiger partial charge in [-0.05, 0) is 31.4 Å². The summed E-state index contributed by atoms with van der Waals surface area (Å²) in [5, 5.41) is 11.3. The Bertz CT molecular complexity index is 1030. The van der Waals surface area contributed by atoms with Crippen molar-refractivity contribution in [1.82, 2.24) is 10.6 Å². The molecule has 2 aliphatic heterocycles. The van der Waals surface area contributed by atoms with Gasteiger partial charge in [0.25, 0.3) is 5.91 Å². The molecule has 2 fully saturated rings. The maximum absolute atomic E-state index is 13.0. The van der Waals surface area contributed by atoms with Crippen LogP contribution in [0.15, 0.2) is 28.9 Å². The van der Waals surface area contributed by atoms with Crippen molar-refractivity contribution in [2.75, 3.05) is 25.6 Å². The third-order valence-corrected chi connectivity index (χ3v) is 7.06. The Kier molecular flexibility index (Phi) is 5.36. The van der Waals surface area contributed by atoms with E-state index < -0.39 is 0 Å². The van der Waals surface area contributed by atoms with Gasteiger partial charge in [0.15, 0.2) is 5.76 Å². The van der Waals surface area contributed by atoms with Gasteiger partial charge in [0, 0.05) is 24.7 Å². The van der Waals surface area contributed by atoms with Crippen molar-refractivity contribution in [3.8, 4) is 0 Å². The van der Waals surface area contributed by atoms with E-state index in [9.17, 15) is 4.79 Å².